The van der Waals surface area contributed by atoms with Gasteiger partial charge in [0.05, 0.1) is 4.34 Å². The summed E-state index contributed by atoms with van der Waals surface area (Å²) in [5.41, 5.74) is 1.21. The highest BCUT2D eigenvalue weighted by atomic mass is 35.5. The van der Waals surface area contributed by atoms with Gasteiger partial charge < -0.3 is 10.4 Å². The first-order valence-electron chi connectivity index (χ1n) is 7.15. The fraction of sp³-hybridized carbons (Fsp3) is 0. The van der Waals surface area contributed by atoms with Crippen LogP contribution in [0.4, 0.5) is 5.69 Å². The molecule has 3 aromatic rings. The number of halogens is 1. The second-order valence-electron chi connectivity index (χ2n) is 4.88. The van der Waals surface area contributed by atoms with Crippen LogP contribution in [0.1, 0.15) is 4.88 Å². The zero-order valence-electron chi connectivity index (χ0n) is 12.5. The first-order valence-corrected chi connectivity index (χ1v) is 8.75. The van der Waals surface area contributed by atoms with Crippen molar-refractivity contribution in [1.29, 1.82) is 0 Å². The monoisotopic (exact) mass is 372 g/mol. The zero-order valence-corrected chi connectivity index (χ0v) is 14.9. The van der Waals surface area contributed by atoms with Crippen molar-refractivity contribution in [3.8, 4) is 0 Å². The van der Waals surface area contributed by atoms with E-state index in [1.807, 2.05) is 48.5 Å². The molecule has 0 atom stereocenters. The van der Waals surface area contributed by atoms with E-state index in [0.717, 1.165) is 5.69 Å². The third-order valence-corrected chi connectivity index (χ3v) is 4.76. The first-order chi connectivity index (χ1) is 11.6. The van der Waals surface area contributed by atoms with Crippen molar-refractivity contribution in [2.45, 2.75) is 0 Å². The van der Waals surface area contributed by atoms with E-state index in [-0.39, 0.29) is 5.76 Å². The minimum absolute atomic E-state index is 0.170. The average Bonchev–Trinajstić information content (AvgIpc) is 3.03. The molecule has 0 amide bonds. The predicted molar refractivity (Wildman–Crippen MR) is 102 cm³/mol. The SMILES string of the molecule is [O-]/C(=C(\C(=S)Nc1ccccc1)[n+]1ccccc1)c1ccc(Cl)s1. The highest BCUT2D eigenvalue weighted by Gasteiger charge is 2.19. The summed E-state index contributed by atoms with van der Waals surface area (Å²) in [5, 5.41) is 16.1. The maximum atomic E-state index is 13.0. The molecule has 24 heavy (non-hydrogen) atoms. The molecule has 0 spiro atoms. The van der Waals surface area contributed by atoms with E-state index in [1.165, 1.54) is 11.3 Å². The number of pyridine rings is 1. The smallest absolute Gasteiger partial charge is 0.239 e. The van der Waals surface area contributed by atoms with Gasteiger partial charge in [-0.25, -0.2) is 0 Å². The summed E-state index contributed by atoms with van der Waals surface area (Å²) in [6.45, 7) is 0. The number of thiocarbonyl (C=S) groups is 1. The van der Waals surface area contributed by atoms with Crippen LogP contribution < -0.4 is 15.0 Å². The van der Waals surface area contributed by atoms with E-state index in [9.17, 15) is 5.11 Å². The molecule has 0 aliphatic carbocycles. The molecular weight excluding hydrogens is 360 g/mol. The number of nitrogens with zero attached hydrogens (tertiary/aromatic N) is 1. The summed E-state index contributed by atoms with van der Waals surface area (Å²) >= 11 is 12.7. The Morgan fingerprint density at radius 2 is 1.67 bits per heavy atom. The van der Waals surface area contributed by atoms with Crippen LogP contribution in [0.5, 0.6) is 0 Å². The maximum Gasteiger partial charge on any atom is 0.239 e. The van der Waals surface area contributed by atoms with Crippen LogP contribution in [-0.2, 0) is 0 Å². The first kappa shape index (κ1) is 16.6. The molecule has 3 rings (SSSR count). The summed E-state index contributed by atoms with van der Waals surface area (Å²) in [4.78, 5) is 0.899. The van der Waals surface area contributed by atoms with Crippen molar-refractivity contribution in [2.24, 2.45) is 0 Å². The highest BCUT2D eigenvalue weighted by molar-refractivity contribution is 7.81. The van der Waals surface area contributed by atoms with Gasteiger partial charge in [-0.15, -0.1) is 11.3 Å². The summed E-state index contributed by atoms with van der Waals surface area (Å²) in [7, 11) is 0. The van der Waals surface area contributed by atoms with Gasteiger partial charge in [-0.3, -0.25) is 0 Å². The van der Waals surface area contributed by atoms with Gasteiger partial charge in [-0.1, -0.05) is 48.1 Å². The fourth-order valence-electron chi connectivity index (χ4n) is 2.15. The summed E-state index contributed by atoms with van der Waals surface area (Å²) in [6, 6.07) is 18.5. The Balaban J connectivity index is 2.04. The molecule has 1 aromatic carbocycles. The van der Waals surface area contributed by atoms with E-state index in [0.29, 0.717) is 19.9 Å². The van der Waals surface area contributed by atoms with Crippen LogP contribution in [-0.4, -0.2) is 4.99 Å². The fourth-order valence-corrected chi connectivity index (χ4v) is 3.45. The van der Waals surface area contributed by atoms with Gasteiger partial charge in [0.15, 0.2) is 17.4 Å². The van der Waals surface area contributed by atoms with Crippen molar-refractivity contribution < 1.29 is 9.67 Å². The van der Waals surface area contributed by atoms with Gasteiger partial charge in [-0.2, -0.15) is 4.57 Å². The molecule has 0 fully saturated rings. The van der Waals surface area contributed by atoms with Gasteiger partial charge in [-0.05, 0) is 30.0 Å². The highest BCUT2D eigenvalue weighted by Crippen LogP contribution is 2.27. The van der Waals surface area contributed by atoms with Gasteiger partial charge >= 0.3 is 0 Å². The quantitative estimate of drug-likeness (QED) is 0.327. The topological polar surface area (TPSA) is 39.0 Å². The van der Waals surface area contributed by atoms with E-state index in [4.69, 9.17) is 23.8 Å². The molecule has 0 bridgehead atoms. The second-order valence-corrected chi connectivity index (χ2v) is 7.01. The lowest BCUT2D eigenvalue weighted by atomic mass is 10.2. The minimum atomic E-state index is -0.170. The van der Waals surface area contributed by atoms with Crippen molar-refractivity contribution in [1.82, 2.24) is 0 Å². The lowest BCUT2D eigenvalue weighted by molar-refractivity contribution is -0.577. The van der Waals surface area contributed by atoms with Gasteiger partial charge in [0.25, 0.3) is 0 Å². The molecule has 3 nitrogen and oxygen atoms in total. The second kappa shape index (κ2) is 7.57. The number of aromatic nitrogens is 1. The molecule has 0 saturated carbocycles. The predicted octanol–water partition coefficient (Wildman–Crippen LogP) is 3.81. The molecule has 6 heteroatoms. The van der Waals surface area contributed by atoms with Crippen molar-refractivity contribution in [3.05, 3.63) is 82.3 Å². The number of thiophene rings is 1. The van der Waals surface area contributed by atoms with Crippen LogP contribution in [0.25, 0.3) is 11.5 Å². The minimum Gasteiger partial charge on any atom is -0.867 e. The van der Waals surface area contributed by atoms with E-state index >= 15 is 0 Å². The Hall–Kier alpha value is -2.21. The molecule has 0 unspecified atom stereocenters. The van der Waals surface area contributed by atoms with Crippen LogP contribution >= 0.6 is 35.2 Å². The normalized spacial score (nSPS) is 11.7. The van der Waals surface area contributed by atoms with Crippen LogP contribution in [0.15, 0.2) is 73.1 Å². The molecular formula is C18H13ClN2OS2. The summed E-state index contributed by atoms with van der Waals surface area (Å²) < 4.78 is 2.28. The number of anilines is 1. The number of nitrogens with one attached hydrogen (secondary N) is 1. The standard InChI is InChI=1S/C18H13ClN2OS2/c19-15-10-9-14(24-15)17(22)16(21-11-5-2-6-12-21)18(23)20-13-7-3-1-4-8-13/h1-12H,(H-,20,22,23). The lowest BCUT2D eigenvalue weighted by Crippen LogP contribution is -2.39. The molecule has 2 heterocycles. The van der Waals surface area contributed by atoms with Crippen molar-refractivity contribution in [2.75, 3.05) is 5.32 Å². The Kier molecular flexibility index (Phi) is 5.25. The maximum absolute atomic E-state index is 13.0. The van der Waals surface area contributed by atoms with E-state index < -0.39 is 0 Å². The van der Waals surface area contributed by atoms with E-state index in [2.05, 4.69) is 5.32 Å². The molecule has 0 aliphatic rings. The number of hydrogen-bond acceptors (Lipinski definition) is 3. The molecule has 0 aliphatic heterocycles. The average molecular weight is 373 g/mol. The largest absolute Gasteiger partial charge is 0.867 e. The van der Waals surface area contributed by atoms with Crippen LogP contribution in [0.2, 0.25) is 4.34 Å². The van der Waals surface area contributed by atoms with Crippen LogP contribution in [0, 0.1) is 0 Å². The van der Waals surface area contributed by atoms with Gasteiger partial charge in [0, 0.05) is 22.7 Å². The Labute approximate surface area is 154 Å². The third-order valence-electron chi connectivity index (χ3n) is 3.23. The van der Waals surface area contributed by atoms with Gasteiger partial charge in [0.1, 0.15) is 0 Å². The van der Waals surface area contributed by atoms with E-state index in [1.54, 1.807) is 29.1 Å². The molecule has 2 aromatic heterocycles. The molecule has 0 saturated heterocycles. The lowest BCUT2D eigenvalue weighted by Gasteiger charge is -2.15. The summed E-state index contributed by atoms with van der Waals surface area (Å²) in [6.07, 6.45) is 3.59. The number of rotatable bonds is 4. The van der Waals surface area contributed by atoms with Gasteiger partial charge in [0.2, 0.25) is 5.70 Å². The Morgan fingerprint density at radius 1 is 1.00 bits per heavy atom. The number of benzene rings is 1. The zero-order chi connectivity index (χ0) is 16.9. The van der Waals surface area contributed by atoms with Crippen LogP contribution in [0.3, 0.4) is 0 Å². The van der Waals surface area contributed by atoms with Crippen molar-refractivity contribution in [3.63, 3.8) is 0 Å². The number of hydrogen-bond donors (Lipinski definition) is 1. The van der Waals surface area contributed by atoms with Crippen molar-refractivity contribution >= 4 is 57.3 Å². The number of para-hydroxylation sites is 1. The summed E-state index contributed by atoms with van der Waals surface area (Å²) in [5.74, 6) is -0.170. The third kappa shape index (κ3) is 3.82. The molecule has 120 valence electrons. The Morgan fingerprint density at radius 3 is 2.29 bits per heavy atom. The molecule has 1 N–H and O–H groups in total. The Bertz CT molecular complexity index is 876. The molecule has 0 radical (unpaired) electrons.